The number of hydrogen-bond donors (Lipinski definition) is 1. The number of fused-ring (bicyclic) bond motifs is 1. The van der Waals surface area contributed by atoms with Gasteiger partial charge in [-0.3, -0.25) is 0 Å². The summed E-state index contributed by atoms with van der Waals surface area (Å²) in [5.74, 6) is 2.54. The average molecular weight is 282 g/mol. The first-order valence-electron chi connectivity index (χ1n) is 6.74. The van der Waals surface area contributed by atoms with E-state index in [1.54, 1.807) is 11.8 Å². The smallest absolute Gasteiger partial charge is 0.162 e. The highest BCUT2D eigenvalue weighted by atomic mass is 32.2. The van der Waals surface area contributed by atoms with Gasteiger partial charge in [0.2, 0.25) is 0 Å². The van der Waals surface area contributed by atoms with Gasteiger partial charge in [-0.25, -0.2) is 0 Å². The van der Waals surface area contributed by atoms with E-state index in [9.17, 15) is 5.11 Å². The van der Waals surface area contributed by atoms with E-state index in [1.165, 1.54) is 0 Å². The quantitative estimate of drug-likeness (QED) is 0.860. The molecule has 1 atom stereocenters. The minimum atomic E-state index is -0.658. The molecular formula is C15H22O3S. The highest BCUT2D eigenvalue weighted by molar-refractivity contribution is 7.99. The largest absolute Gasteiger partial charge is 0.490 e. The van der Waals surface area contributed by atoms with E-state index in [2.05, 4.69) is 0 Å². The van der Waals surface area contributed by atoms with Gasteiger partial charge in [0, 0.05) is 17.1 Å². The van der Waals surface area contributed by atoms with Gasteiger partial charge in [0.05, 0.1) is 18.8 Å². The van der Waals surface area contributed by atoms with E-state index >= 15 is 0 Å². The van der Waals surface area contributed by atoms with E-state index in [4.69, 9.17) is 9.47 Å². The molecule has 1 unspecified atom stereocenters. The van der Waals surface area contributed by atoms with Crippen LogP contribution in [0.2, 0.25) is 0 Å². The van der Waals surface area contributed by atoms with Crippen LogP contribution in [0.3, 0.4) is 0 Å². The SMILES string of the molecule is CC(C)C(C)(O)CSc1ccc2c(c1)OCCCO2. The molecule has 2 rings (SSSR count). The second-order valence-electron chi connectivity index (χ2n) is 5.46. The molecule has 3 nitrogen and oxygen atoms in total. The lowest BCUT2D eigenvalue weighted by molar-refractivity contribution is 0.0376. The Morgan fingerprint density at radius 2 is 1.95 bits per heavy atom. The Kier molecular flexibility index (Phi) is 4.63. The predicted molar refractivity (Wildman–Crippen MR) is 78.2 cm³/mol. The molecule has 1 aromatic rings. The normalized spacial score (nSPS) is 17.9. The standard InChI is InChI=1S/C15H22O3S/c1-11(2)15(3,16)10-19-12-5-6-13-14(9-12)18-8-4-7-17-13/h5-6,9,11,16H,4,7-8,10H2,1-3H3. The molecular weight excluding hydrogens is 260 g/mol. The van der Waals surface area contributed by atoms with Crippen LogP contribution in [0.15, 0.2) is 23.1 Å². The third-order valence-electron chi connectivity index (χ3n) is 3.49. The van der Waals surface area contributed by atoms with E-state index < -0.39 is 5.60 Å². The molecule has 0 fully saturated rings. The van der Waals surface area contributed by atoms with Crippen LogP contribution in [-0.2, 0) is 0 Å². The van der Waals surface area contributed by atoms with Crippen molar-refractivity contribution in [3.05, 3.63) is 18.2 Å². The van der Waals surface area contributed by atoms with Gasteiger partial charge in [0.1, 0.15) is 0 Å². The Morgan fingerprint density at radius 3 is 2.63 bits per heavy atom. The molecule has 1 N–H and O–H groups in total. The molecule has 0 bridgehead atoms. The monoisotopic (exact) mass is 282 g/mol. The average Bonchev–Trinajstić information content (AvgIpc) is 2.60. The van der Waals surface area contributed by atoms with E-state index in [1.807, 2.05) is 39.0 Å². The molecule has 4 heteroatoms. The maximum Gasteiger partial charge on any atom is 0.162 e. The van der Waals surface area contributed by atoms with Crippen molar-refractivity contribution in [3.63, 3.8) is 0 Å². The van der Waals surface area contributed by atoms with Crippen LogP contribution in [0.4, 0.5) is 0 Å². The van der Waals surface area contributed by atoms with E-state index in [0.717, 1.165) is 22.8 Å². The second-order valence-corrected chi connectivity index (χ2v) is 6.51. The van der Waals surface area contributed by atoms with Crippen LogP contribution in [-0.4, -0.2) is 29.7 Å². The van der Waals surface area contributed by atoms with Crippen molar-refractivity contribution in [3.8, 4) is 11.5 Å². The molecule has 0 radical (unpaired) electrons. The van der Waals surface area contributed by atoms with Crippen LogP contribution in [0, 0.1) is 5.92 Å². The van der Waals surface area contributed by atoms with Gasteiger partial charge in [0.15, 0.2) is 11.5 Å². The second kappa shape index (κ2) is 6.06. The Balaban J connectivity index is 2.04. The minimum absolute atomic E-state index is 0.236. The van der Waals surface area contributed by atoms with Crippen LogP contribution in [0.25, 0.3) is 0 Å². The Hall–Kier alpha value is -0.870. The molecule has 1 aromatic carbocycles. The topological polar surface area (TPSA) is 38.7 Å². The summed E-state index contributed by atoms with van der Waals surface area (Å²) in [6, 6.07) is 5.98. The van der Waals surface area contributed by atoms with Crippen molar-refractivity contribution in [1.82, 2.24) is 0 Å². The van der Waals surface area contributed by atoms with Crippen LogP contribution in [0.1, 0.15) is 27.2 Å². The minimum Gasteiger partial charge on any atom is -0.490 e. The van der Waals surface area contributed by atoms with Crippen molar-refractivity contribution < 1.29 is 14.6 Å². The summed E-state index contributed by atoms with van der Waals surface area (Å²) in [4.78, 5) is 1.10. The molecule has 1 heterocycles. The maximum absolute atomic E-state index is 10.3. The van der Waals surface area contributed by atoms with E-state index in [0.29, 0.717) is 19.0 Å². The zero-order valence-electron chi connectivity index (χ0n) is 11.8. The van der Waals surface area contributed by atoms with Crippen LogP contribution < -0.4 is 9.47 Å². The first-order chi connectivity index (χ1) is 8.99. The number of benzene rings is 1. The number of rotatable bonds is 4. The van der Waals surface area contributed by atoms with Crippen molar-refractivity contribution in [2.75, 3.05) is 19.0 Å². The first kappa shape index (κ1) is 14.5. The predicted octanol–water partition coefficient (Wildman–Crippen LogP) is 3.35. The molecule has 0 saturated carbocycles. The van der Waals surface area contributed by atoms with Crippen molar-refractivity contribution >= 4 is 11.8 Å². The van der Waals surface area contributed by atoms with Gasteiger partial charge in [-0.05, 0) is 31.0 Å². The summed E-state index contributed by atoms with van der Waals surface area (Å²) in [6.45, 7) is 7.36. The lowest BCUT2D eigenvalue weighted by Gasteiger charge is -2.27. The number of aliphatic hydroxyl groups is 1. The van der Waals surface area contributed by atoms with Gasteiger partial charge in [-0.15, -0.1) is 11.8 Å². The van der Waals surface area contributed by atoms with Gasteiger partial charge in [0.25, 0.3) is 0 Å². The molecule has 1 aliphatic heterocycles. The van der Waals surface area contributed by atoms with Crippen LogP contribution in [0.5, 0.6) is 11.5 Å². The summed E-state index contributed by atoms with van der Waals surface area (Å²) in [5, 5.41) is 10.3. The van der Waals surface area contributed by atoms with Crippen molar-refractivity contribution in [1.29, 1.82) is 0 Å². The van der Waals surface area contributed by atoms with Gasteiger partial charge < -0.3 is 14.6 Å². The summed E-state index contributed by atoms with van der Waals surface area (Å²) in [7, 11) is 0. The number of thioether (sulfide) groups is 1. The summed E-state index contributed by atoms with van der Waals surface area (Å²) in [5.41, 5.74) is -0.658. The zero-order chi connectivity index (χ0) is 13.9. The number of ether oxygens (including phenoxy) is 2. The van der Waals surface area contributed by atoms with Gasteiger partial charge >= 0.3 is 0 Å². The lowest BCUT2D eigenvalue weighted by atomic mass is 9.95. The van der Waals surface area contributed by atoms with E-state index in [-0.39, 0.29) is 5.92 Å². The lowest BCUT2D eigenvalue weighted by Crippen LogP contribution is -2.33. The molecule has 0 saturated heterocycles. The summed E-state index contributed by atoms with van der Waals surface area (Å²) >= 11 is 1.65. The van der Waals surface area contributed by atoms with Crippen LogP contribution >= 0.6 is 11.8 Å². The Labute approximate surface area is 119 Å². The molecule has 19 heavy (non-hydrogen) atoms. The third kappa shape index (κ3) is 3.80. The fourth-order valence-electron chi connectivity index (χ4n) is 1.63. The van der Waals surface area contributed by atoms with Gasteiger partial charge in [-0.2, -0.15) is 0 Å². The van der Waals surface area contributed by atoms with Crippen molar-refractivity contribution in [2.24, 2.45) is 5.92 Å². The Morgan fingerprint density at radius 1 is 1.26 bits per heavy atom. The molecule has 0 aliphatic carbocycles. The fourth-order valence-corrected chi connectivity index (χ4v) is 2.78. The molecule has 0 aromatic heterocycles. The number of hydrogen-bond acceptors (Lipinski definition) is 4. The molecule has 0 spiro atoms. The molecule has 106 valence electrons. The highest BCUT2D eigenvalue weighted by Gasteiger charge is 2.25. The Bertz CT molecular complexity index is 429. The van der Waals surface area contributed by atoms with Gasteiger partial charge in [-0.1, -0.05) is 13.8 Å². The van der Waals surface area contributed by atoms with Crippen molar-refractivity contribution in [2.45, 2.75) is 37.7 Å². The first-order valence-corrected chi connectivity index (χ1v) is 7.72. The molecule has 0 amide bonds. The molecule has 1 aliphatic rings. The third-order valence-corrected chi connectivity index (χ3v) is 4.81. The highest BCUT2D eigenvalue weighted by Crippen LogP contribution is 2.35. The fraction of sp³-hybridized carbons (Fsp3) is 0.600. The zero-order valence-corrected chi connectivity index (χ0v) is 12.6. The summed E-state index contributed by atoms with van der Waals surface area (Å²) in [6.07, 6.45) is 0.916. The maximum atomic E-state index is 10.3. The summed E-state index contributed by atoms with van der Waals surface area (Å²) < 4.78 is 11.3.